The largest absolute Gasteiger partial charge is 0.481 e. The lowest BCUT2D eigenvalue weighted by Crippen LogP contribution is -2.61. The van der Waals surface area contributed by atoms with Gasteiger partial charge in [-0.1, -0.05) is 72.7 Å². The highest BCUT2D eigenvalue weighted by Gasteiger charge is 2.42. The molecule has 5 N–H and O–H groups in total. The van der Waals surface area contributed by atoms with E-state index in [-0.39, 0.29) is 29.7 Å². The van der Waals surface area contributed by atoms with E-state index in [9.17, 15) is 29.1 Å². The molecule has 12 nitrogen and oxygen atoms in total. The van der Waals surface area contributed by atoms with Crippen molar-refractivity contribution in [3.05, 3.63) is 47.7 Å². The summed E-state index contributed by atoms with van der Waals surface area (Å²) in [4.78, 5) is 65.2. The molecule has 0 saturated carbocycles. The van der Waals surface area contributed by atoms with Crippen LogP contribution in [-0.4, -0.2) is 87.6 Å². The number of carboxylic acids is 2. The summed E-state index contributed by atoms with van der Waals surface area (Å²) >= 11 is 0. The van der Waals surface area contributed by atoms with Gasteiger partial charge in [-0.15, -0.1) is 0 Å². The summed E-state index contributed by atoms with van der Waals surface area (Å²) in [5.74, 6) is -4.02. The minimum atomic E-state index is -1.38. The number of carboxylic acid groups (broad SMARTS) is 2. The predicted molar refractivity (Wildman–Crippen MR) is 182 cm³/mol. The van der Waals surface area contributed by atoms with E-state index in [1.165, 1.54) is 11.8 Å². The molecule has 0 radical (unpaired) electrons. The van der Waals surface area contributed by atoms with E-state index < -0.39 is 59.3 Å². The Bertz CT molecular complexity index is 1500. The van der Waals surface area contributed by atoms with E-state index in [4.69, 9.17) is 5.11 Å². The lowest BCUT2D eigenvalue weighted by molar-refractivity contribution is -0.142. The number of para-hydroxylation sites is 1. The van der Waals surface area contributed by atoms with Gasteiger partial charge in [0, 0.05) is 48.6 Å². The minimum Gasteiger partial charge on any atom is -0.481 e. The van der Waals surface area contributed by atoms with Crippen LogP contribution in [0.3, 0.4) is 0 Å². The summed E-state index contributed by atoms with van der Waals surface area (Å²) in [5, 5.41) is 28.0. The molecule has 12 heteroatoms. The standard InChI is InChI=1S/C35H53N5O7/c1-20(2)26(18-21(3)30(43)37-24(33(46)47)16-17-27(41)42)40(11)32(45)29(34(4,5)6)38-31(44)28(36-9)35(7,8)23-19-39(10)25-15-13-12-14-22(23)25/h12-15,18-20,24,26,28-29,36H,16-17H2,1-11H3,(H,37,43)(H,38,44)(H,41,42)(H,46,47)/b21-18+/t24-,26-,28-,29-/m1/s1. The quantitative estimate of drug-likeness (QED) is 0.182. The van der Waals surface area contributed by atoms with Crippen molar-refractivity contribution in [1.29, 1.82) is 0 Å². The number of likely N-dealkylation sites (N-methyl/N-ethyl adjacent to an activating group) is 2. The zero-order valence-corrected chi connectivity index (χ0v) is 29.6. The number of rotatable bonds is 15. The van der Waals surface area contributed by atoms with Crippen molar-refractivity contribution in [3.63, 3.8) is 0 Å². The summed E-state index contributed by atoms with van der Waals surface area (Å²) in [6, 6.07) is 4.44. The number of aryl methyl sites for hydroxylation is 1. The third-order valence-electron chi connectivity index (χ3n) is 8.77. The first-order valence-electron chi connectivity index (χ1n) is 15.9. The fraction of sp³-hybridized carbons (Fsp3) is 0.571. The number of hydrogen-bond acceptors (Lipinski definition) is 6. The van der Waals surface area contributed by atoms with E-state index in [1.54, 1.807) is 20.2 Å². The first kappa shape index (κ1) is 39.0. The number of hydrogen-bond donors (Lipinski definition) is 5. The van der Waals surface area contributed by atoms with Gasteiger partial charge in [-0.05, 0) is 43.4 Å². The number of carbonyl (C=O) groups excluding carboxylic acids is 3. The Hall–Kier alpha value is -4.19. The van der Waals surface area contributed by atoms with Gasteiger partial charge in [0.15, 0.2) is 0 Å². The van der Waals surface area contributed by atoms with Crippen molar-refractivity contribution in [1.82, 2.24) is 25.4 Å². The van der Waals surface area contributed by atoms with E-state index in [1.807, 2.05) is 90.5 Å². The molecule has 0 unspecified atom stereocenters. The zero-order chi connectivity index (χ0) is 36.0. The second-order valence-electron chi connectivity index (χ2n) is 14.3. The zero-order valence-electron chi connectivity index (χ0n) is 29.6. The van der Waals surface area contributed by atoms with Gasteiger partial charge in [0.25, 0.3) is 0 Å². The number of fused-ring (bicyclic) bond motifs is 1. The molecular weight excluding hydrogens is 602 g/mol. The maximum Gasteiger partial charge on any atom is 0.326 e. The third-order valence-corrected chi connectivity index (χ3v) is 8.77. The second kappa shape index (κ2) is 15.6. The van der Waals surface area contributed by atoms with Gasteiger partial charge in [-0.3, -0.25) is 19.2 Å². The van der Waals surface area contributed by atoms with Gasteiger partial charge in [0.1, 0.15) is 12.1 Å². The van der Waals surface area contributed by atoms with Gasteiger partial charge in [0.05, 0.1) is 12.1 Å². The lowest BCUT2D eigenvalue weighted by atomic mass is 9.76. The van der Waals surface area contributed by atoms with Crippen LogP contribution in [0.4, 0.5) is 0 Å². The third kappa shape index (κ3) is 9.43. The fourth-order valence-electron chi connectivity index (χ4n) is 5.94. The molecule has 0 bridgehead atoms. The van der Waals surface area contributed by atoms with Crippen molar-refractivity contribution in [2.24, 2.45) is 18.4 Å². The van der Waals surface area contributed by atoms with Crippen molar-refractivity contribution < 1.29 is 34.2 Å². The van der Waals surface area contributed by atoms with Gasteiger partial charge in [-0.25, -0.2) is 4.79 Å². The van der Waals surface area contributed by atoms with E-state index in [0.717, 1.165) is 16.5 Å². The molecule has 2 rings (SSSR count). The van der Waals surface area contributed by atoms with Crippen molar-refractivity contribution in [2.75, 3.05) is 14.1 Å². The minimum absolute atomic E-state index is 0.152. The monoisotopic (exact) mass is 655 g/mol. The van der Waals surface area contributed by atoms with E-state index >= 15 is 0 Å². The number of aromatic nitrogens is 1. The van der Waals surface area contributed by atoms with Crippen LogP contribution in [0.5, 0.6) is 0 Å². The Morgan fingerprint density at radius 1 is 0.979 bits per heavy atom. The Balaban J connectivity index is 2.37. The van der Waals surface area contributed by atoms with Crippen molar-refractivity contribution >= 4 is 40.6 Å². The Labute approximate surface area is 278 Å². The van der Waals surface area contributed by atoms with Crippen LogP contribution >= 0.6 is 0 Å². The molecular formula is C35H53N5O7. The Morgan fingerprint density at radius 2 is 1.57 bits per heavy atom. The molecule has 0 aliphatic heterocycles. The summed E-state index contributed by atoms with van der Waals surface area (Å²) in [6.07, 6.45) is 2.94. The highest BCUT2D eigenvalue weighted by atomic mass is 16.4. The number of benzene rings is 1. The van der Waals surface area contributed by atoms with E-state index in [2.05, 4.69) is 16.0 Å². The maximum absolute atomic E-state index is 14.2. The molecule has 1 heterocycles. The second-order valence-corrected chi connectivity index (χ2v) is 14.3. The SMILES string of the molecule is CN[C@H](C(=O)N[C@H](C(=O)N(C)[C@H](/C=C(\C)C(=O)N[C@H](CCC(=O)O)C(=O)O)C(C)C)C(C)(C)C)C(C)(C)c1cn(C)c2ccccc12. The molecule has 2 aromatic rings. The molecule has 0 aliphatic rings. The number of carbonyl (C=O) groups is 5. The molecule has 0 saturated heterocycles. The average molecular weight is 656 g/mol. The maximum atomic E-state index is 14.2. The van der Waals surface area contributed by atoms with Crippen LogP contribution in [0.2, 0.25) is 0 Å². The summed E-state index contributed by atoms with van der Waals surface area (Å²) in [7, 11) is 5.30. The number of amides is 3. The summed E-state index contributed by atoms with van der Waals surface area (Å²) in [6.45, 7) is 14.9. The molecule has 0 spiro atoms. The first-order valence-corrected chi connectivity index (χ1v) is 15.9. The Morgan fingerprint density at radius 3 is 2.09 bits per heavy atom. The van der Waals surface area contributed by atoms with Crippen molar-refractivity contribution in [2.45, 2.75) is 97.8 Å². The summed E-state index contributed by atoms with van der Waals surface area (Å²) < 4.78 is 2.03. The van der Waals surface area contributed by atoms with Crippen LogP contribution in [-0.2, 0) is 36.4 Å². The lowest BCUT2D eigenvalue weighted by Gasteiger charge is -2.39. The molecule has 0 aliphatic carbocycles. The number of nitrogens with one attached hydrogen (secondary N) is 3. The Kier molecular flexibility index (Phi) is 12.9. The van der Waals surface area contributed by atoms with Gasteiger partial charge in [-0.2, -0.15) is 0 Å². The van der Waals surface area contributed by atoms with Crippen LogP contribution in [0.25, 0.3) is 10.9 Å². The normalized spacial score (nSPS) is 15.1. The van der Waals surface area contributed by atoms with Crippen LogP contribution in [0.1, 0.15) is 73.8 Å². The molecule has 260 valence electrons. The molecule has 3 amide bonds. The number of aliphatic carboxylic acids is 2. The smallest absolute Gasteiger partial charge is 0.326 e. The number of nitrogens with zero attached hydrogens (tertiary/aromatic N) is 2. The topological polar surface area (TPSA) is 170 Å². The van der Waals surface area contributed by atoms with Crippen LogP contribution in [0, 0.1) is 11.3 Å². The highest BCUT2D eigenvalue weighted by molar-refractivity contribution is 5.96. The molecule has 1 aromatic heterocycles. The highest BCUT2D eigenvalue weighted by Crippen LogP contribution is 2.35. The van der Waals surface area contributed by atoms with E-state index in [0.29, 0.717) is 0 Å². The van der Waals surface area contributed by atoms with Gasteiger partial charge < -0.3 is 35.6 Å². The molecule has 4 atom stereocenters. The summed E-state index contributed by atoms with van der Waals surface area (Å²) in [5.41, 5.74) is 0.870. The first-order chi connectivity index (χ1) is 21.6. The fourth-order valence-corrected chi connectivity index (χ4v) is 5.94. The molecule has 47 heavy (non-hydrogen) atoms. The van der Waals surface area contributed by atoms with Crippen molar-refractivity contribution in [3.8, 4) is 0 Å². The molecule has 0 fully saturated rings. The van der Waals surface area contributed by atoms with Gasteiger partial charge in [0.2, 0.25) is 17.7 Å². The van der Waals surface area contributed by atoms with Gasteiger partial charge >= 0.3 is 11.9 Å². The molecule has 1 aromatic carbocycles. The van der Waals surface area contributed by atoms with Crippen LogP contribution in [0.15, 0.2) is 42.1 Å². The predicted octanol–water partition coefficient (Wildman–Crippen LogP) is 3.44. The average Bonchev–Trinajstić information content (AvgIpc) is 3.32. The van der Waals surface area contributed by atoms with Crippen LogP contribution < -0.4 is 16.0 Å².